The first kappa shape index (κ1) is 16.6. The number of nitrogens with two attached hydrogens (primary N) is 1. The molecule has 1 aromatic rings. The van der Waals surface area contributed by atoms with Gasteiger partial charge in [-0.05, 0) is 37.1 Å². The summed E-state index contributed by atoms with van der Waals surface area (Å²) in [4.78, 5) is 2.29. The van der Waals surface area contributed by atoms with Crippen LogP contribution in [0.3, 0.4) is 0 Å². The Kier molecular flexibility index (Phi) is 8.30. The van der Waals surface area contributed by atoms with E-state index in [-0.39, 0.29) is 12.6 Å². The lowest BCUT2D eigenvalue weighted by Crippen LogP contribution is -2.31. The molecule has 3 N–H and O–H groups in total. The first-order valence-electron chi connectivity index (χ1n) is 7.01. The van der Waals surface area contributed by atoms with Crippen LogP contribution in [0.4, 0.5) is 0 Å². The largest absolute Gasteiger partial charge is 0.395 e. The third kappa shape index (κ3) is 6.52. The molecule has 19 heavy (non-hydrogen) atoms. The highest BCUT2D eigenvalue weighted by atomic mass is 79.9. The average Bonchev–Trinajstić information content (AvgIpc) is 2.42. The van der Waals surface area contributed by atoms with E-state index in [0.717, 1.165) is 30.5 Å². The summed E-state index contributed by atoms with van der Waals surface area (Å²) in [5.74, 6) is 0. The highest BCUT2D eigenvalue weighted by molar-refractivity contribution is 9.10. The number of unbranched alkanes of at least 4 members (excludes halogenated alkanes) is 1. The van der Waals surface area contributed by atoms with E-state index < -0.39 is 0 Å². The third-order valence-electron chi connectivity index (χ3n) is 3.30. The van der Waals surface area contributed by atoms with E-state index in [0.29, 0.717) is 0 Å². The SMILES string of the molecule is CCCCN(CCO)CCC(N)c1ccc(Br)cc1. The number of hydrogen-bond acceptors (Lipinski definition) is 3. The normalized spacial score (nSPS) is 12.9. The van der Waals surface area contributed by atoms with Gasteiger partial charge in [0.1, 0.15) is 0 Å². The van der Waals surface area contributed by atoms with Crippen LogP contribution in [-0.2, 0) is 0 Å². The molecule has 0 saturated carbocycles. The molecule has 0 fully saturated rings. The van der Waals surface area contributed by atoms with E-state index in [2.05, 4.69) is 39.9 Å². The van der Waals surface area contributed by atoms with Gasteiger partial charge in [0.25, 0.3) is 0 Å². The van der Waals surface area contributed by atoms with Crippen LogP contribution in [0.25, 0.3) is 0 Å². The van der Waals surface area contributed by atoms with Crippen LogP contribution < -0.4 is 5.73 Å². The number of halogens is 1. The fraction of sp³-hybridized carbons (Fsp3) is 0.600. The molecule has 1 aromatic carbocycles. The first-order chi connectivity index (χ1) is 9.17. The fourth-order valence-electron chi connectivity index (χ4n) is 2.06. The molecule has 0 heterocycles. The van der Waals surface area contributed by atoms with Crippen molar-refractivity contribution >= 4 is 15.9 Å². The molecule has 1 rings (SSSR count). The molecule has 1 atom stereocenters. The molecule has 0 amide bonds. The molecule has 108 valence electrons. The molecular formula is C15H25BrN2O. The van der Waals surface area contributed by atoms with Gasteiger partial charge < -0.3 is 15.7 Å². The number of hydrogen-bond donors (Lipinski definition) is 2. The van der Waals surface area contributed by atoms with Gasteiger partial charge in [-0.2, -0.15) is 0 Å². The fourth-order valence-corrected chi connectivity index (χ4v) is 2.32. The van der Waals surface area contributed by atoms with Crippen molar-refractivity contribution in [2.75, 3.05) is 26.2 Å². The van der Waals surface area contributed by atoms with Gasteiger partial charge in [-0.1, -0.05) is 41.4 Å². The molecule has 0 aliphatic carbocycles. The van der Waals surface area contributed by atoms with E-state index in [9.17, 15) is 0 Å². The van der Waals surface area contributed by atoms with E-state index in [1.807, 2.05) is 12.1 Å². The average molecular weight is 329 g/mol. The zero-order chi connectivity index (χ0) is 14.1. The van der Waals surface area contributed by atoms with Crippen LogP contribution in [0.15, 0.2) is 28.7 Å². The van der Waals surface area contributed by atoms with Crippen LogP contribution in [0.1, 0.15) is 37.8 Å². The van der Waals surface area contributed by atoms with Gasteiger partial charge >= 0.3 is 0 Å². The molecule has 1 unspecified atom stereocenters. The van der Waals surface area contributed by atoms with Crippen molar-refractivity contribution < 1.29 is 5.11 Å². The zero-order valence-corrected chi connectivity index (χ0v) is 13.3. The summed E-state index contributed by atoms with van der Waals surface area (Å²) in [6.45, 7) is 5.14. The van der Waals surface area contributed by atoms with Crippen LogP contribution in [0, 0.1) is 0 Å². The van der Waals surface area contributed by atoms with Gasteiger partial charge in [-0.25, -0.2) is 0 Å². The Morgan fingerprint density at radius 1 is 1.21 bits per heavy atom. The molecule has 0 spiro atoms. The quantitative estimate of drug-likeness (QED) is 0.732. The lowest BCUT2D eigenvalue weighted by molar-refractivity contribution is 0.189. The molecule has 0 aromatic heterocycles. The lowest BCUT2D eigenvalue weighted by Gasteiger charge is -2.23. The standard InChI is InChI=1S/C15H25BrN2O/c1-2-3-9-18(11-12-19)10-8-15(17)13-4-6-14(16)7-5-13/h4-7,15,19H,2-3,8-12,17H2,1H3. The predicted octanol–water partition coefficient (Wildman–Crippen LogP) is 2.93. The van der Waals surface area contributed by atoms with E-state index in [1.54, 1.807) is 0 Å². The van der Waals surface area contributed by atoms with E-state index >= 15 is 0 Å². The third-order valence-corrected chi connectivity index (χ3v) is 3.83. The predicted molar refractivity (Wildman–Crippen MR) is 84.1 cm³/mol. The summed E-state index contributed by atoms with van der Waals surface area (Å²) in [5, 5.41) is 9.07. The number of aliphatic hydroxyl groups is 1. The molecule has 3 nitrogen and oxygen atoms in total. The van der Waals surface area contributed by atoms with Crippen molar-refractivity contribution in [3.8, 4) is 0 Å². The highest BCUT2D eigenvalue weighted by Gasteiger charge is 2.09. The Morgan fingerprint density at radius 2 is 1.89 bits per heavy atom. The van der Waals surface area contributed by atoms with Gasteiger partial charge in [0, 0.05) is 23.6 Å². The Hall–Kier alpha value is -0.420. The van der Waals surface area contributed by atoms with Crippen molar-refractivity contribution in [1.29, 1.82) is 0 Å². The van der Waals surface area contributed by atoms with E-state index in [1.165, 1.54) is 18.4 Å². The first-order valence-corrected chi connectivity index (χ1v) is 7.81. The molecule has 0 bridgehead atoms. The minimum atomic E-state index is 0.0657. The smallest absolute Gasteiger partial charge is 0.0558 e. The summed E-state index contributed by atoms with van der Waals surface area (Å²) in [5.41, 5.74) is 7.38. The van der Waals surface area contributed by atoms with Gasteiger partial charge in [0.2, 0.25) is 0 Å². The topological polar surface area (TPSA) is 49.5 Å². The second kappa shape index (κ2) is 9.48. The van der Waals surface area contributed by atoms with Gasteiger partial charge in [-0.3, -0.25) is 0 Å². The zero-order valence-electron chi connectivity index (χ0n) is 11.7. The number of aliphatic hydroxyl groups excluding tert-OH is 1. The van der Waals surface area contributed by atoms with Crippen molar-refractivity contribution in [2.45, 2.75) is 32.2 Å². The van der Waals surface area contributed by atoms with Crippen LogP contribution in [0.5, 0.6) is 0 Å². The number of benzene rings is 1. The monoisotopic (exact) mass is 328 g/mol. The maximum Gasteiger partial charge on any atom is 0.0558 e. The number of rotatable bonds is 9. The van der Waals surface area contributed by atoms with Crippen molar-refractivity contribution in [3.63, 3.8) is 0 Å². The molecule has 0 radical (unpaired) electrons. The van der Waals surface area contributed by atoms with Crippen molar-refractivity contribution in [1.82, 2.24) is 4.90 Å². The minimum absolute atomic E-state index is 0.0657. The number of nitrogens with zero attached hydrogens (tertiary/aromatic N) is 1. The van der Waals surface area contributed by atoms with Crippen molar-refractivity contribution in [2.24, 2.45) is 5.73 Å². The maximum absolute atomic E-state index is 9.07. The van der Waals surface area contributed by atoms with Crippen LogP contribution in [-0.4, -0.2) is 36.2 Å². The van der Waals surface area contributed by atoms with Gasteiger partial charge in [0.05, 0.1) is 6.61 Å². The highest BCUT2D eigenvalue weighted by Crippen LogP contribution is 2.18. The summed E-state index contributed by atoms with van der Waals surface area (Å²) >= 11 is 3.43. The summed E-state index contributed by atoms with van der Waals surface area (Å²) < 4.78 is 1.08. The summed E-state index contributed by atoms with van der Waals surface area (Å²) in [7, 11) is 0. The molecular weight excluding hydrogens is 304 g/mol. The summed E-state index contributed by atoms with van der Waals surface area (Å²) in [6, 6.07) is 8.25. The molecule has 4 heteroatoms. The Labute approximate surface area is 124 Å². The van der Waals surface area contributed by atoms with Crippen LogP contribution >= 0.6 is 15.9 Å². The second-order valence-electron chi connectivity index (χ2n) is 4.87. The summed E-state index contributed by atoms with van der Waals surface area (Å²) in [6.07, 6.45) is 3.28. The minimum Gasteiger partial charge on any atom is -0.395 e. The van der Waals surface area contributed by atoms with E-state index in [4.69, 9.17) is 10.8 Å². The molecule has 0 saturated heterocycles. The van der Waals surface area contributed by atoms with Crippen molar-refractivity contribution in [3.05, 3.63) is 34.3 Å². The molecule has 0 aliphatic heterocycles. The Morgan fingerprint density at radius 3 is 2.47 bits per heavy atom. The maximum atomic E-state index is 9.07. The van der Waals surface area contributed by atoms with Gasteiger partial charge in [0.15, 0.2) is 0 Å². The molecule has 0 aliphatic rings. The van der Waals surface area contributed by atoms with Gasteiger partial charge in [-0.15, -0.1) is 0 Å². The second-order valence-corrected chi connectivity index (χ2v) is 5.78. The Bertz CT molecular complexity index is 343. The Balaban J connectivity index is 2.41. The van der Waals surface area contributed by atoms with Crippen LogP contribution in [0.2, 0.25) is 0 Å². The lowest BCUT2D eigenvalue weighted by atomic mass is 10.0.